The molecule has 2 rings (SSSR count). The van der Waals surface area contributed by atoms with E-state index in [-0.39, 0.29) is 10.6 Å². The Balaban J connectivity index is 2.32. The third kappa shape index (κ3) is 3.32. The molecule has 7 heteroatoms. The minimum absolute atomic E-state index is 0.0457. The van der Waals surface area contributed by atoms with Crippen molar-refractivity contribution in [3.8, 4) is 0 Å². The highest BCUT2D eigenvalue weighted by atomic mass is 35.5. The molecule has 0 atom stereocenters. The summed E-state index contributed by atoms with van der Waals surface area (Å²) in [6, 6.07) is 10.5. The SMILES string of the molecule is Nc1cc(S(=O)(=O)Nc2ccc(Cl)cc2)ccc1Cl. The number of nitrogens with one attached hydrogen (secondary N) is 1. The molecule has 100 valence electrons. The van der Waals surface area contributed by atoms with Crippen molar-refractivity contribution in [1.82, 2.24) is 0 Å². The zero-order valence-corrected chi connectivity index (χ0v) is 11.9. The number of halogens is 2. The molecule has 2 aromatic carbocycles. The molecule has 2 aromatic rings. The van der Waals surface area contributed by atoms with Gasteiger partial charge in [0.1, 0.15) is 0 Å². The van der Waals surface area contributed by atoms with Crippen LogP contribution in [0.25, 0.3) is 0 Å². The Labute approximate surface area is 121 Å². The number of hydrogen-bond donors (Lipinski definition) is 2. The van der Waals surface area contributed by atoms with Crippen molar-refractivity contribution < 1.29 is 8.42 Å². The molecule has 0 radical (unpaired) electrons. The fraction of sp³-hybridized carbons (Fsp3) is 0. The van der Waals surface area contributed by atoms with Crippen molar-refractivity contribution in [2.75, 3.05) is 10.5 Å². The Hall–Kier alpha value is -1.43. The van der Waals surface area contributed by atoms with Gasteiger partial charge in [0.2, 0.25) is 0 Å². The molecule has 0 amide bonds. The summed E-state index contributed by atoms with van der Waals surface area (Å²) in [6.07, 6.45) is 0. The first-order valence-corrected chi connectivity index (χ1v) is 7.46. The Bertz CT molecular complexity index is 700. The van der Waals surface area contributed by atoms with Crippen LogP contribution in [0, 0.1) is 0 Å². The fourth-order valence-corrected chi connectivity index (χ4v) is 2.76. The summed E-state index contributed by atoms with van der Waals surface area (Å²) in [5.41, 5.74) is 6.21. The lowest BCUT2D eigenvalue weighted by atomic mass is 10.3. The lowest BCUT2D eigenvalue weighted by Gasteiger charge is -2.09. The van der Waals surface area contributed by atoms with Gasteiger partial charge in [-0.05, 0) is 42.5 Å². The van der Waals surface area contributed by atoms with E-state index in [1.54, 1.807) is 24.3 Å². The van der Waals surface area contributed by atoms with E-state index < -0.39 is 10.0 Å². The maximum Gasteiger partial charge on any atom is 0.261 e. The largest absolute Gasteiger partial charge is 0.397 e. The van der Waals surface area contributed by atoms with Gasteiger partial charge in [-0.15, -0.1) is 0 Å². The molecule has 0 saturated carbocycles. The fourth-order valence-electron chi connectivity index (χ4n) is 1.42. The molecule has 19 heavy (non-hydrogen) atoms. The van der Waals surface area contributed by atoms with Crippen molar-refractivity contribution in [2.45, 2.75) is 4.90 Å². The second-order valence-electron chi connectivity index (χ2n) is 3.80. The van der Waals surface area contributed by atoms with E-state index in [0.717, 1.165) is 0 Å². The molecule has 0 aliphatic rings. The third-order valence-electron chi connectivity index (χ3n) is 2.37. The lowest BCUT2D eigenvalue weighted by molar-refractivity contribution is 0.601. The standard InChI is InChI=1S/C12H10Cl2N2O2S/c13-8-1-3-9(4-2-8)16-19(17,18)10-5-6-11(14)12(15)7-10/h1-7,16H,15H2. The minimum Gasteiger partial charge on any atom is -0.397 e. The van der Waals surface area contributed by atoms with Crippen LogP contribution in [0.5, 0.6) is 0 Å². The number of rotatable bonds is 3. The molecule has 4 nitrogen and oxygen atoms in total. The average molecular weight is 317 g/mol. The molecule has 0 aromatic heterocycles. The maximum atomic E-state index is 12.1. The number of anilines is 2. The Morgan fingerprint density at radius 1 is 1.00 bits per heavy atom. The molecule has 0 bridgehead atoms. The van der Waals surface area contributed by atoms with Crippen LogP contribution in [-0.4, -0.2) is 8.42 Å². The van der Waals surface area contributed by atoms with Crippen LogP contribution in [0.3, 0.4) is 0 Å². The van der Waals surface area contributed by atoms with Crippen LogP contribution in [0.2, 0.25) is 10.0 Å². The first-order valence-electron chi connectivity index (χ1n) is 5.22. The summed E-state index contributed by atoms with van der Waals surface area (Å²) in [7, 11) is -3.70. The van der Waals surface area contributed by atoms with Crippen molar-refractivity contribution in [3.63, 3.8) is 0 Å². The van der Waals surface area contributed by atoms with E-state index >= 15 is 0 Å². The van der Waals surface area contributed by atoms with Gasteiger partial charge < -0.3 is 5.73 Å². The summed E-state index contributed by atoms with van der Waals surface area (Å²) >= 11 is 11.5. The topological polar surface area (TPSA) is 72.2 Å². The van der Waals surface area contributed by atoms with E-state index in [1.807, 2.05) is 0 Å². The highest BCUT2D eigenvalue weighted by Gasteiger charge is 2.15. The van der Waals surface area contributed by atoms with Crippen LogP contribution in [-0.2, 0) is 10.0 Å². The predicted octanol–water partition coefficient (Wildman–Crippen LogP) is 3.38. The lowest BCUT2D eigenvalue weighted by Crippen LogP contribution is -2.13. The summed E-state index contributed by atoms with van der Waals surface area (Å²) in [6.45, 7) is 0. The predicted molar refractivity (Wildman–Crippen MR) is 78.1 cm³/mol. The molecule has 0 fully saturated rings. The van der Waals surface area contributed by atoms with E-state index in [4.69, 9.17) is 28.9 Å². The summed E-state index contributed by atoms with van der Waals surface area (Å²) in [4.78, 5) is 0.0457. The van der Waals surface area contributed by atoms with Gasteiger partial charge in [0, 0.05) is 10.7 Å². The van der Waals surface area contributed by atoms with Crippen LogP contribution in [0.15, 0.2) is 47.4 Å². The average Bonchev–Trinajstić information content (AvgIpc) is 2.35. The van der Waals surface area contributed by atoms with Gasteiger partial charge in [-0.1, -0.05) is 23.2 Å². The maximum absolute atomic E-state index is 12.1. The summed E-state index contributed by atoms with van der Waals surface area (Å²) < 4.78 is 26.6. The van der Waals surface area contributed by atoms with Gasteiger partial charge in [-0.2, -0.15) is 0 Å². The van der Waals surface area contributed by atoms with Crippen LogP contribution in [0.4, 0.5) is 11.4 Å². The second-order valence-corrected chi connectivity index (χ2v) is 6.32. The van der Waals surface area contributed by atoms with Crippen LogP contribution in [0.1, 0.15) is 0 Å². The number of sulfonamides is 1. The highest BCUT2D eigenvalue weighted by molar-refractivity contribution is 7.92. The van der Waals surface area contributed by atoms with E-state index in [9.17, 15) is 8.42 Å². The Morgan fingerprint density at radius 2 is 1.63 bits per heavy atom. The summed E-state index contributed by atoms with van der Waals surface area (Å²) in [5.74, 6) is 0. The highest BCUT2D eigenvalue weighted by Crippen LogP contribution is 2.24. The first kappa shape index (κ1) is 14.0. The molecule has 0 spiro atoms. The zero-order valence-electron chi connectivity index (χ0n) is 9.60. The normalized spacial score (nSPS) is 11.3. The second kappa shape index (κ2) is 5.28. The molecule has 0 saturated heterocycles. The number of nitrogens with two attached hydrogens (primary N) is 1. The monoisotopic (exact) mass is 316 g/mol. The molecular weight excluding hydrogens is 307 g/mol. The third-order valence-corrected chi connectivity index (χ3v) is 4.35. The molecule has 0 heterocycles. The summed E-state index contributed by atoms with van der Waals surface area (Å²) in [5, 5.41) is 0.837. The Morgan fingerprint density at radius 3 is 2.21 bits per heavy atom. The minimum atomic E-state index is -3.70. The Kier molecular flexibility index (Phi) is 3.89. The van der Waals surface area contributed by atoms with Crippen molar-refractivity contribution >= 4 is 44.6 Å². The van der Waals surface area contributed by atoms with Gasteiger partial charge in [-0.25, -0.2) is 8.42 Å². The molecule has 3 N–H and O–H groups in total. The van der Waals surface area contributed by atoms with Crippen molar-refractivity contribution in [1.29, 1.82) is 0 Å². The molecule has 0 unspecified atom stereocenters. The van der Waals surface area contributed by atoms with Gasteiger partial charge in [0.05, 0.1) is 15.6 Å². The van der Waals surface area contributed by atoms with Gasteiger partial charge in [-0.3, -0.25) is 4.72 Å². The van der Waals surface area contributed by atoms with E-state index in [2.05, 4.69) is 4.72 Å². The van der Waals surface area contributed by atoms with Crippen molar-refractivity contribution in [3.05, 3.63) is 52.5 Å². The van der Waals surface area contributed by atoms with Crippen molar-refractivity contribution in [2.24, 2.45) is 0 Å². The van der Waals surface area contributed by atoms with E-state index in [0.29, 0.717) is 15.7 Å². The zero-order chi connectivity index (χ0) is 14.0. The van der Waals surface area contributed by atoms with Gasteiger partial charge in [0.15, 0.2) is 0 Å². The molecular formula is C12H10Cl2N2O2S. The first-order chi connectivity index (χ1) is 8.88. The number of nitrogen functional groups attached to an aromatic ring is 1. The quantitative estimate of drug-likeness (QED) is 0.853. The van der Waals surface area contributed by atoms with Gasteiger partial charge in [0.25, 0.3) is 10.0 Å². The molecule has 0 aliphatic carbocycles. The van der Waals surface area contributed by atoms with Crippen LogP contribution < -0.4 is 10.5 Å². The van der Waals surface area contributed by atoms with Gasteiger partial charge >= 0.3 is 0 Å². The number of hydrogen-bond acceptors (Lipinski definition) is 3. The smallest absolute Gasteiger partial charge is 0.261 e. The molecule has 0 aliphatic heterocycles. The van der Waals surface area contributed by atoms with Crippen LogP contribution >= 0.6 is 23.2 Å². The van der Waals surface area contributed by atoms with E-state index in [1.165, 1.54) is 18.2 Å². The number of benzene rings is 2.